The summed E-state index contributed by atoms with van der Waals surface area (Å²) in [4.78, 5) is 6.98. The van der Waals surface area contributed by atoms with Crippen LogP contribution in [0.1, 0.15) is 38.2 Å². The average molecular weight is 302 g/mol. The van der Waals surface area contributed by atoms with Crippen LogP contribution in [0, 0.1) is 12.8 Å². The summed E-state index contributed by atoms with van der Waals surface area (Å²) >= 11 is 0. The summed E-state index contributed by atoms with van der Waals surface area (Å²) in [7, 11) is 4.33. The monoisotopic (exact) mass is 302 g/mol. The quantitative estimate of drug-likeness (QED) is 0.663. The lowest BCUT2D eigenvalue weighted by atomic mass is 9.75. The second-order valence-electron chi connectivity index (χ2n) is 7.02. The fourth-order valence-electron chi connectivity index (χ4n) is 3.47. The molecule has 0 saturated heterocycles. The molecule has 1 aromatic rings. The zero-order chi connectivity index (χ0) is 16.2. The Balaban J connectivity index is 2.04. The van der Waals surface area contributed by atoms with E-state index in [9.17, 15) is 0 Å². The Morgan fingerprint density at radius 1 is 1.45 bits per heavy atom. The SMILES string of the molecule is Cc1cccc(NC(N)=NCC2(N(C)C)CCCC(C)C2)c1. The van der Waals surface area contributed by atoms with Crippen LogP contribution in [0.25, 0.3) is 0 Å². The molecule has 0 amide bonds. The van der Waals surface area contributed by atoms with Gasteiger partial charge in [0.25, 0.3) is 0 Å². The van der Waals surface area contributed by atoms with Gasteiger partial charge in [0.1, 0.15) is 0 Å². The highest BCUT2D eigenvalue weighted by Crippen LogP contribution is 2.35. The molecule has 0 bridgehead atoms. The van der Waals surface area contributed by atoms with Gasteiger partial charge in [0, 0.05) is 11.2 Å². The van der Waals surface area contributed by atoms with Gasteiger partial charge in [0.15, 0.2) is 5.96 Å². The zero-order valence-corrected chi connectivity index (χ0v) is 14.4. The molecule has 1 aliphatic carbocycles. The van der Waals surface area contributed by atoms with Crippen molar-refractivity contribution in [1.29, 1.82) is 0 Å². The van der Waals surface area contributed by atoms with Crippen LogP contribution in [0.4, 0.5) is 5.69 Å². The number of guanidine groups is 1. The van der Waals surface area contributed by atoms with E-state index >= 15 is 0 Å². The van der Waals surface area contributed by atoms with E-state index in [0.717, 1.165) is 18.2 Å². The number of hydrogen-bond acceptors (Lipinski definition) is 2. The third-order valence-electron chi connectivity index (χ3n) is 4.85. The van der Waals surface area contributed by atoms with Crippen molar-refractivity contribution in [3.05, 3.63) is 29.8 Å². The average Bonchev–Trinajstić information content (AvgIpc) is 2.45. The van der Waals surface area contributed by atoms with Crippen molar-refractivity contribution in [2.45, 2.75) is 45.1 Å². The number of aryl methyl sites for hydroxylation is 1. The molecule has 1 saturated carbocycles. The standard InChI is InChI=1S/C18H30N4/c1-14-7-5-9-16(11-14)21-17(19)20-13-18(22(3)4)10-6-8-15(2)12-18/h5,7,9,11,15H,6,8,10,12-13H2,1-4H3,(H3,19,20,21). The van der Waals surface area contributed by atoms with Crippen LogP contribution in [0.3, 0.4) is 0 Å². The van der Waals surface area contributed by atoms with Crippen molar-refractivity contribution >= 4 is 11.6 Å². The molecule has 2 unspecified atom stereocenters. The molecular formula is C18H30N4. The number of anilines is 1. The highest BCUT2D eigenvalue weighted by Gasteiger charge is 2.36. The predicted octanol–water partition coefficient (Wildman–Crippen LogP) is 3.23. The lowest BCUT2D eigenvalue weighted by Crippen LogP contribution is -2.50. The summed E-state index contributed by atoms with van der Waals surface area (Å²) in [5, 5.41) is 3.20. The van der Waals surface area contributed by atoms with E-state index in [-0.39, 0.29) is 5.54 Å². The first-order valence-electron chi connectivity index (χ1n) is 8.22. The Morgan fingerprint density at radius 2 is 2.23 bits per heavy atom. The van der Waals surface area contributed by atoms with E-state index in [1.165, 1.54) is 31.2 Å². The first-order chi connectivity index (χ1) is 10.4. The molecule has 4 nitrogen and oxygen atoms in total. The van der Waals surface area contributed by atoms with Crippen molar-refractivity contribution in [1.82, 2.24) is 4.90 Å². The van der Waals surface area contributed by atoms with Crippen molar-refractivity contribution in [3.8, 4) is 0 Å². The molecule has 22 heavy (non-hydrogen) atoms. The molecule has 1 fully saturated rings. The van der Waals surface area contributed by atoms with Crippen LogP contribution in [0.15, 0.2) is 29.3 Å². The van der Waals surface area contributed by atoms with Gasteiger partial charge in [-0.25, -0.2) is 0 Å². The highest BCUT2D eigenvalue weighted by atomic mass is 15.2. The fraction of sp³-hybridized carbons (Fsp3) is 0.611. The Kier molecular flexibility index (Phi) is 5.46. The Hall–Kier alpha value is -1.55. The van der Waals surface area contributed by atoms with Crippen LogP contribution in [0.2, 0.25) is 0 Å². The summed E-state index contributed by atoms with van der Waals surface area (Å²) in [6.07, 6.45) is 5.00. The normalized spacial score (nSPS) is 26.2. The molecule has 0 aromatic heterocycles. The Labute approximate surface area is 134 Å². The number of aliphatic imine (C=N–C) groups is 1. The van der Waals surface area contributed by atoms with Gasteiger partial charge in [0.05, 0.1) is 6.54 Å². The van der Waals surface area contributed by atoms with Gasteiger partial charge in [0.2, 0.25) is 0 Å². The number of hydrogen-bond donors (Lipinski definition) is 2. The summed E-state index contributed by atoms with van der Waals surface area (Å²) in [5.74, 6) is 1.27. The summed E-state index contributed by atoms with van der Waals surface area (Å²) in [6.45, 7) is 5.17. The molecular weight excluding hydrogens is 272 g/mol. The minimum Gasteiger partial charge on any atom is -0.370 e. The molecule has 2 rings (SSSR count). The number of rotatable bonds is 4. The van der Waals surface area contributed by atoms with Crippen LogP contribution in [-0.2, 0) is 0 Å². The van der Waals surface area contributed by atoms with Gasteiger partial charge in [-0.2, -0.15) is 0 Å². The lowest BCUT2D eigenvalue weighted by molar-refractivity contribution is 0.0846. The molecule has 0 aliphatic heterocycles. The van der Waals surface area contributed by atoms with E-state index in [1.54, 1.807) is 0 Å². The van der Waals surface area contributed by atoms with Gasteiger partial charge in [-0.3, -0.25) is 4.99 Å². The molecule has 0 heterocycles. The Bertz CT molecular complexity index is 524. The second-order valence-corrected chi connectivity index (χ2v) is 7.02. The fourth-order valence-corrected chi connectivity index (χ4v) is 3.47. The topological polar surface area (TPSA) is 53.6 Å². The summed E-state index contributed by atoms with van der Waals surface area (Å²) < 4.78 is 0. The van der Waals surface area contributed by atoms with Crippen molar-refractivity contribution in [2.24, 2.45) is 16.6 Å². The van der Waals surface area contributed by atoms with E-state index in [1.807, 2.05) is 12.1 Å². The third kappa shape index (κ3) is 4.23. The molecule has 2 atom stereocenters. The van der Waals surface area contributed by atoms with Gasteiger partial charge < -0.3 is 16.0 Å². The minimum absolute atomic E-state index is 0.149. The van der Waals surface area contributed by atoms with Gasteiger partial charge in [-0.15, -0.1) is 0 Å². The van der Waals surface area contributed by atoms with Crippen LogP contribution in [0.5, 0.6) is 0 Å². The second kappa shape index (κ2) is 7.14. The predicted molar refractivity (Wildman–Crippen MR) is 95.3 cm³/mol. The van der Waals surface area contributed by atoms with E-state index in [2.05, 4.69) is 55.3 Å². The maximum atomic E-state index is 6.09. The van der Waals surface area contributed by atoms with E-state index in [4.69, 9.17) is 5.73 Å². The Morgan fingerprint density at radius 3 is 2.86 bits per heavy atom. The van der Waals surface area contributed by atoms with Crippen LogP contribution < -0.4 is 11.1 Å². The smallest absolute Gasteiger partial charge is 0.193 e. The maximum absolute atomic E-state index is 6.09. The van der Waals surface area contributed by atoms with Gasteiger partial charge >= 0.3 is 0 Å². The van der Waals surface area contributed by atoms with Crippen LogP contribution in [-0.4, -0.2) is 37.0 Å². The molecule has 122 valence electrons. The largest absolute Gasteiger partial charge is 0.370 e. The third-order valence-corrected chi connectivity index (χ3v) is 4.85. The number of nitrogens with two attached hydrogens (primary N) is 1. The van der Waals surface area contributed by atoms with E-state index < -0.39 is 0 Å². The number of nitrogens with zero attached hydrogens (tertiary/aromatic N) is 2. The van der Waals surface area contributed by atoms with E-state index in [0.29, 0.717) is 5.96 Å². The van der Waals surface area contributed by atoms with Crippen LogP contribution >= 0.6 is 0 Å². The minimum atomic E-state index is 0.149. The molecule has 1 aromatic carbocycles. The summed E-state index contributed by atoms with van der Waals surface area (Å²) in [5.41, 5.74) is 8.45. The zero-order valence-electron chi connectivity index (χ0n) is 14.4. The first-order valence-corrected chi connectivity index (χ1v) is 8.22. The molecule has 4 heteroatoms. The van der Waals surface area contributed by atoms with Gasteiger partial charge in [-0.1, -0.05) is 31.9 Å². The van der Waals surface area contributed by atoms with Crippen molar-refractivity contribution < 1.29 is 0 Å². The first kappa shape index (κ1) is 16.8. The van der Waals surface area contributed by atoms with Gasteiger partial charge in [-0.05, 0) is 57.5 Å². The highest BCUT2D eigenvalue weighted by molar-refractivity contribution is 5.92. The summed E-state index contributed by atoms with van der Waals surface area (Å²) in [6, 6.07) is 8.19. The molecule has 3 N–H and O–H groups in total. The number of likely N-dealkylation sites (N-methyl/N-ethyl adjacent to an activating group) is 1. The number of nitrogens with one attached hydrogen (secondary N) is 1. The van der Waals surface area contributed by atoms with Crippen molar-refractivity contribution in [3.63, 3.8) is 0 Å². The molecule has 0 radical (unpaired) electrons. The molecule has 0 spiro atoms. The maximum Gasteiger partial charge on any atom is 0.193 e. The lowest BCUT2D eigenvalue weighted by Gasteiger charge is -2.44. The number of benzene rings is 1. The van der Waals surface area contributed by atoms with Crippen molar-refractivity contribution in [2.75, 3.05) is 26.0 Å². The molecule has 1 aliphatic rings.